The first-order chi connectivity index (χ1) is 11.8. The van der Waals surface area contributed by atoms with Crippen LogP contribution in [0.15, 0.2) is 21.6 Å². The predicted molar refractivity (Wildman–Crippen MR) is 94.7 cm³/mol. The van der Waals surface area contributed by atoms with Gasteiger partial charge in [-0.15, -0.1) is 0 Å². The number of nitrogens with zero attached hydrogens (tertiary/aromatic N) is 2. The molecular formula is C15H17Cl2N3O5S. The summed E-state index contributed by atoms with van der Waals surface area (Å²) in [5.41, 5.74) is -0.544. The number of primary sulfonamides is 1. The molecule has 1 aromatic heterocycles. The van der Waals surface area contributed by atoms with Gasteiger partial charge in [-0.05, 0) is 19.1 Å². The van der Waals surface area contributed by atoms with Gasteiger partial charge in [0.2, 0.25) is 10.0 Å². The summed E-state index contributed by atoms with van der Waals surface area (Å²) in [6.45, 7) is 7.24. The molecule has 11 heteroatoms. The molecule has 1 unspecified atom stereocenters. The Hall–Kier alpha value is -1.68. The maximum absolute atomic E-state index is 12.4. The lowest BCUT2D eigenvalue weighted by atomic mass is 9.96. The summed E-state index contributed by atoms with van der Waals surface area (Å²) < 4.78 is 33.4. The van der Waals surface area contributed by atoms with Crippen LogP contribution in [0.2, 0.25) is 10.0 Å². The molecule has 0 aliphatic heterocycles. The Bertz CT molecular complexity index is 951. The first-order valence-corrected chi connectivity index (χ1v) is 9.68. The Labute approximate surface area is 160 Å². The molecule has 0 aliphatic carbocycles. The normalized spacial score (nSPS) is 13.5. The second kappa shape index (κ2) is 7.15. The highest BCUT2D eigenvalue weighted by Crippen LogP contribution is 2.30. The Kier molecular flexibility index (Phi) is 5.67. The second-order valence-corrected chi connectivity index (χ2v) is 8.91. The Morgan fingerprint density at radius 1 is 1.27 bits per heavy atom. The summed E-state index contributed by atoms with van der Waals surface area (Å²) in [6, 6.07) is 2.07. The van der Waals surface area contributed by atoms with Gasteiger partial charge >= 0.3 is 5.97 Å². The molecule has 0 bridgehead atoms. The van der Waals surface area contributed by atoms with Crippen LogP contribution in [0, 0.1) is 0 Å². The summed E-state index contributed by atoms with van der Waals surface area (Å²) in [5.74, 6) is -0.337. The zero-order valence-corrected chi connectivity index (χ0v) is 16.7. The van der Waals surface area contributed by atoms with Crippen LogP contribution < -0.4 is 5.14 Å². The number of aromatic nitrogens is 2. The summed E-state index contributed by atoms with van der Waals surface area (Å²) >= 11 is 11.8. The number of nitrogens with two attached hydrogens (primary N) is 1. The fourth-order valence-corrected chi connectivity index (χ4v) is 3.28. The van der Waals surface area contributed by atoms with Gasteiger partial charge in [-0.1, -0.05) is 49.1 Å². The van der Waals surface area contributed by atoms with Crippen LogP contribution in [0.5, 0.6) is 0 Å². The van der Waals surface area contributed by atoms with Crippen molar-refractivity contribution in [1.82, 2.24) is 10.1 Å². The number of carbonyl (C=O) groups is 1. The van der Waals surface area contributed by atoms with Crippen LogP contribution in [0.25, 0.3) is 0 Å². The van der Waals surface area contributed by atoms with Crippen molar-refractivity contribution in [2.45, 2.75) is 44.1 Å². The van der Waals surface area contributed by atoms with E-state index in [4.69, 9.17) is 37.6 Å². The van der Waals surface area contributed by atoms with Gasteiger partial charge in [0.25, 0.3) is 5.89 Å². The van der Waals surface area contributed by atoms with Crippen molar-refractivity contribution in [1.29, 1.82) is 0 Å². The number of rotatable bonds is 4. The van der Waals surface area contributed by atoms with E-state index in [-0.39, 0.29) is 26.9 Å². The molecule has 0 radical (unpaired) electrons. The van der Waals surface area contributed by atoms with E-state index in [0.29, 0.717) is 5.82 Å². The zero-order valence-electron chi connectivity index (χ0n) is 14.4. The average molecular weight is 422 g/mol. The molecule has 2 rings (SSSR count). The van der Waals surface area contributed by atoms with E-state index in [1.165, 1.54) is 6.92 Å². The number of sulfonamides is 1. The molecule has 8 nitrogen and oxygen atoms in total. The zero-order chi connectivity index (χ0) is 19.9. The van der Waals surface area contributed by atoms with Crippen LogP contribution >= 0.6 is 23.2 Å². The Morgan fingerprint density at radius 3 is 2.38 bits per heavy atom. The monoisotopic (exact) mass is 421 g/mol. The van der Waals surface area contributed by atoms with Crippen LogP contribution in [0.3, 0.4) is 0 Å². The molecule has 1 atom stereocenters. The fraction of sp³-hybridized carbons (Fsp3) is 0.400. The lowest BCUT2D eigenvalue weighted by molar-refractivity contribution is 0.0265. The second-order valence-electron chi connectivity index (χ2n) is 6.56. The van der Waals surface area contributed by atoms with Gasteiger partial charge in [-0.25, -0.2) is 18.4 Å². The van der Waals surface area contributed by atoms with Crippen molar-refractivity contribution < 1.29 is 22.5 Å². The molecule has 2 aromatic rings. The minimum absolute atomic E-state index is 0.0829. The molecular weight excluding hydrogens is 405 g/mol. The average Bonchev–Trinajstić information content (AvgIpc) is 2.95. The highest BCUT2D eigenvalue weighted by atomic mass is 35.5. The fourth-order valence-electron chi connectivity index (χ4n) is 1.88. The number of benzene rings is 1. The standard InChI is InChI=1S/C15H17Cl2N3O5S/c1-7(12-19-14(20-25-12)15(2,3)4)24-13(21)8-5-11(26(18,22)23)10(17)6-9(8)16/h5-7H,1-4H3,(H2,18,22,23). The van der Waals surface area contributed by atoms with Crippen LogP contribution in [-0.2, 0) is 20.2 Å². The van der Waals surface area contributed by atoms with Crippen molar-refractivity contribution in [3.63, 3.8) is 0 Å². The van der Waals surface area contributed by atoms with Gasteiger partial charge in [0.15, 0.2) is 11.9 Å². The smallest absolute Gasteiger partial charge is 0.340 e. The topological polar surface area (TPSA) is 125 Å². The number of ether oxygens (including phenoxy) is 1. The molecule has 26 heavy (non-hydrogen) atoms. The first-order valence-electron chi connectivity index (χ1n) is 7.37. The van der Waals surface area contributed by atoms with Gasteiger partial charge in [-0.2, -0.15) is 4.98 Å². The highest BCUT2D eigenvalue weighted by molar-refractivity contribution is 7.89. The molecule has 0 aliphatic rings. The molecule has 142 valence electrons. The van der Waals surface area contributed by atoms with Gasteiger partial charge in [-0.3, -0.25) is 0 Å². The van der Waals surface area contributed by atoms with E-state index in [2.05, 4.69) is 10.1 Å². The van der Waals surface area contributed by atoms with Crippen LogP contribution in [0.1, 0.15) is 55.9 Å². The molecule has 2 N–H and O–H groups in total. The maximum atomic E-state index is 12.4. The predicted octanol–water partition coefficient (Wildman–Crippen LogP) is 3.24. The summed E-state index contributed by atoms with van der Waals surface area (Å²) in [6.07, 6.45) is -0.879. The van der Waals surface area contributed by atoms with E-state index < -0.39 is 27.0 Å². The highest BCUT2D eigenvalue weighted by Gasteiger charge is 2.27. The SMILES string of the molecule is CC(OC(=O)c1cc(S(N)(=O)=O)c(Cl)cc1Cl)c1nc(C(C)(C)C)no1. The van der Waals surface area contributed by atoms with Crippen molar-refractivity contribution in [2.24, 2.45) is 5.14 Å². The molecule has 0 amide bonds. The third-order valence-corrected chi connectivity index (χ3v) is 4.98. The van der Waals surface area contributed by atoms with E-state index in [1.54, 1.807) is 0 Å². The molecule has 0 saturated heterocycles. The number of halogens is 2. The van der Waals surface area contributed by atoms with Gasteiger partial charge < -0.3 is 9.26 Å². The number of esters is 1. The van der Waals surface area contributed by atoms with Gasteiger partial charge in [0, 0.05) is 5.41 Å². The summed E-state index contributed by atoms with van der Waals surface area (Å²) in [4.78, 5) is 16.1. The lowest BCUT2D eigenvalue weighted by Gasteiger charge is -2.12. The maximum Gasteiger partial charge on any atom is 0.340 e. The van der Waals surface area contributed by atoms with E-state index in [1.807, 2.05) is 20.8 Å². The van der Waals surface area contributed by atoms with Crippen molar-refractivity contribution in [3.05, 3.63) is 39.5 Å². The summed E-state index contributed by atoms with van der Waals surface area (Å²) in [5, 5.41) is 8.64. The largest absolute Gasteiger partial charge is 0.449 e. The minimum atomic E-state index is -4.14. The third kappa shape index (κ3) is 4.53. The van der Waals surface area contributed by atoms with Crippen LogP contribution in [0.4, 0.5) is 0 Å². The summed E-state index contributed by atoms with van der Waals surface area (Å²) in [7, 11) is -4.14. The molecule has 0 fully saturated rings. The molecule has 0 spiro atoms. The van der Waals surface area contributed by atoms with E-state index >= 15 is 0 Å². The first kappa shape index (κ1) is 20.6. The van der Waals surface area contributed by atoms with E-state index in [0.717, 1.165) is 12.1 Å². The Morgan fingerprint density at radius 2 is 1.88 bits per heavy atom. The molecule has 0 saturated carbocycles. The van der Waals surface area contributed by atoms with Crippen LogP contribution in [-0.4, -0.2) is 24.5 Å². The number of carbonyl (C=O) groups excluding carboxylic acids is 1. The molecule has 1 heterocycles. The van der Waals surface area contributed by atoms with Gasteiger partial charge in [0.05, 0.1) is 15.6 Å². The third-order valence-electron chi connectivity index (χ3n) is 3.29. The van der Waals surface area contributed by atoms with Crippen molar-refractivity contribution in [3.8, 4) is 0 Å². The molecule has 1 aromatic carbocycles. The number of hydrogen-bond donors (Lipinski definition) is 1. The quantitative estimate of drug-likeness (QED) is 0.750. The van der Waals surface area contributed by atoms with Crippen molar-refractivity contribution in [2.75, 3.05) is 0 Å². The van der Waals surface area contributed by atoms with Gasteiger partial charge in [0.1, 0.15) is 4.90 Å². The Balaban J connectivity index is 2.28. The van der Waals surface area contributed by atoms with Crippen molar-refractivity contribution >= 4 is 39.2 Å². The minimum Gasteiger partial charge on any atom is -0.449 e. The lowest BCUT2D eigenvalue weighted by Crippen LogP contribution is -2.16. The van der Waals surface area contributed by atoms with E-state index in [9.17, 15) is 13.2 Å². The number of hydrogen-bond acceptors (Lipinski definition) is 7.